The second-order valence-corrected chi connectivity index (χ2v) is 8.55. The van der Waals surface area contributed by atoms with Crippen LogP contribution in [-0.2, 0) is 4.79 Å². The number of carboxylic acids is 1. The van der Waals surface area contributed by atoms with Gasteiger partial charge < -0.3 is 15.4 Å². The molecule has 7 nitrogen and oxygen atoms in total. The first-order valence-electron chi connectivity index (χ1n) is 9.04. The Morgan fingerprint density at radius 2 is 2.21 bits per heavy atom. The van der Waals surface area contributed by atoms with E-state index in [0.29, 0.717) is 29.9 Å². The van der Waals surface area contributed by atoms with Crippen LogP contribution in [0.15, 0.2) is 24.7 Å². The number of nitrogens with one attached hydrogen (secondary N) is 2. The van der Waals surface area contributed by atoms with E-state index in [1.54, 1.807) is 19.3 Å². The SMILES string of the molecule is C[C@]1(C(=O)O)CCCC[C@@H]1Nc1nc(-c2c[nH]c3ncc(I)cc23)ncc1F. The van der Waals surface area contributed by atoms with Crippen molar-refractivity contribution in [3.8, 4) is 11.4 Å². The van der Waals surface area contributed by atoms with Crippen LogP contribution in [0.4, 0.5) is 10.2 Å². The van der Waals surface area contributed by atoms with Crippen molar-refractivity contribution in [3.63, 3.8) is 0 Å². The Labute approximate surface area is 174 Å². The number of anilines is 1. The van der Waals surface area contributed by atoms with Crippen molar-refractivity contribution in [2.75, 3.05) is 5.32 Å². The third-order valence-corrected chi connectivity index (χ3v) is 6.08. The van der Waals surface area contributed by atoms with Crippen LogP contribution in [0.3, 0.4) is 0 Å². The molecule has 1 aliphatic rings. The molecule has 1 aliphatic carbocycles. The molecule has 0 spiro atoms. The van der Waals surface area contributed by atoms with Gasteiger partial charge in [0.1, 0.15) is 5.65 Å². The van der Waals surface area contributed by atoms with E-state index in [2.05, 4.69) is 47.8 Å². The van der Waals surface area contributed by atoms with Crippen LogP contribution in [0.25, 0.3) is 22.4 Å². The fraction of sp³-hybridized carbons (Fsp3) is 0.368. The lowest BCUT2D eigenvalue weighted by molar-refractivity contribution is -0.150. The van der Waals surface area contributed by atoms with Gasteiger partial charge in [-0.25, -0.2) is 19.3 Å². The largest absolute Gasteiger partial charge is 0.481 e. The number of fused-ring (bicyclic) bond motifs is 1. The molecular weight excluding hydrogens is 476 g/mol. The van der Waals surface area contributed by atoms with E-state index in [-0.39, 0.29) is 5.82 Å². The Balaban J connectivity index is 1.71. The zero-order valence-electron chi connectivity index (χ0n) is 15.2. The molecule has 3 aromatic rings. The van der Waals surface area contributed by atoms with Crippen molar-refractivity contribution in [2.24, 2.45) is 5.41 Å². The number of carboxylic acid groups (broad SMARTS) is 1. The first-order valence-corrected chi connectivity index (χ1v) is 10.1. The van der Waals surface area contributed by atoms with Crippen molar-refractivity contribution in [1.82, 2.24) is 19.9 Å². The first-order chi connectivity index (χ1) is 13.4. The number of rotatable bonds is 4. The lowest BCUT2D eigenvalue weighted by atomic mass is 9.71. The molecule has 3 N–H and O–H groups in total. The number of hydrogen-bond acceptors (Lipinski definition) is 5. The highest BCUT2D eigenvalue weighted by Gasteiger charge is 2.43. The molecule has 9 heteroatoms. The number of hydrogen-bond donors (Lipinski definition) is 3. The normalized spacial score (nSPS) is 22.3. The average molecular weight is 495 g/mol. The van der Waals surface area contributed by atoms with Gasteiger partial charge in [0.2, 0.25) is 0 Å². The van der Waals surface area contributed by atoms with Crippen LogP contribution in [0.5, 0.6) is 0 Å². The number of aromatic nitrogens is 4. The molecule has 0 bridgehead atoms. The minimum atomic E-state index is -0.962. The summed E-state index contributed by atoms with van der Waals surface area (Å²) in [5.41, 5.74) is 0.452. The maximum absolute atomic E-state index is 14.4. The molecule has 3 heterocycles. The summed E-state index contributed by atoms with van der Waals surface area (Å²) in [4.78, 5) is 27.7. The maximum atomic E-state index is 14.4. The number of carbonyl (C=O) groups is 1. The Morgan fingerprint density at radius 1 is 1.39 bits per heavy atom. The third-order valence-electron chi connectivity index (χ3n) is 5.49. The van der Waals surface area contributed by atoms with Gasteiger partial charge in [-0.3, -0.25) is 4.79 Å². The second-order valence-electron chi connectivity index (χ2n) is 7.31. The highest BCUT2D eigenvalue weighted by molar-refractivity contribution is 14.1. The van der Waals surface area contributed by atoms with E-state index < -0.39 is 23.2 Å². The lowest BCUT2D eigenvalue weighted by Crippen LogP contribution is -2.47. The number of pyridine rings is 1. The zero-order chi connectivity index (χ0) is 19.9. The summed E-state index contributed by atoms with van der Waals surface area (Å²) < 4.78 is 15.4. The Hall–Kier alpha value is -2.30. The zero-order valence-corrected chi connectivity index (χ0v) is 17.3. The van der Waals surface area contributed by atoms with Gasteiger partial charge in [-0.15, -0.1) is 0 Å². The summed E-state index contributed by atoms with van der Waals surface area (Å²) in [6.45, 7) is 1.71. The van der Waals surface area contributed by atoms with Gasteiger partial charge in [-0.1, -0.05) is 12.8 Å². The Bertz CT molecular complexity index is 1060. The average Bonchev–Trinajstić information content (AvgIpc) is 3.08. The monoisotopic (exact) mass is 495 g/mol. The molecule has 0 aromatic carbocycles. The van der Waals surface area contributed by atoms with Crippen molar-refractivity contribution in [3.05, 3.63) is 34.0 Å². The number of aromatic amines is 1. The number of nitrogens with zero attached hydrogens (tertiary/aromatic N) is 3. The van der Waals surface area contributed by atoms with Gasteiger partial charge in [0.25, 0.3) is 0 Å². The molecule has 0 amide bonds. The van der Waals surface area contributed by atoms with Crippen LogP contribution in [0, 0.1) is 14.8 Å². The summed E-state index contributed by atoms with van der Waals surface area (Å²) in [6, 6.07) is 1.55. The van der Waals surface area contributed by atoms with E-state index in [0.717, 1.165) is 28.0 Å². The van der Waals surface area contributed by atoms with Crippen LogP contribution in [0.2, 0.25) is 0 Å². The molecule has 0 aliphatic heterocycles. The van der Waals surface area contributed by atoms with Crippen molar-refractivity contribution in [1.29, 1.82) is 0 Å². The van der Waals surface area contributed by atoms with Gasteiger partial charge in [0, 0.05) is 33.0 Å². The van der Waals surface area contributed by atoms with Gasteiger partial charge >= 0.3 is 5.97 Å². The van der Waals surface area contributed by atoms with E-state index in [1.807, 2.05) is 6.07 Å². The Morgan fingerprint density at radius 3 is 3.00 bits per heavy atom. The molecule has 0 radical (unpaired) electrons. The highest BCUT2D eigenvalue weighted by Crippen LogP contribution is 2.38. The molecule has 1 fully saturated rings. The molecule has 1 saturated carbocycles. The number of halogens is 2. The minimum absolute atomic E-state index is 0.0253. The fourth-order valence-corrected chi connectivity index (χ4v) is 4.20. The number of aliphatic carboxylic acids is 1. The van der Waals surface area contributed by atoms with Crippen LogP contribution in [0.1, 0.15) is 32.6 Å². The van der Waals surface area contributed by atoms with E-state index in [9.17, 15) is 14.3 Å². The summed E-state index contributed by atoms with van der Waals surface area (Å²) >= 11 is 2.17. The van der Waals surface area contributed by atoms with E-state index in [4.69, 9.17) is 0 Å². The summed E-state index contributed by atoms with van der Waals surface area (Å²) in [7, 11) is 0. The van der Waals surface area contributed by atoms with Crippen molar-refractivity contribution in [2.45, 2.75) is 38.6 Å². The van der Waals surface area contributed by atoms with Crippen molar-refractivity contribution >= 4 is 45.4 Å². The second kappa shape index (κ2) is 7.26. The predicted molar refractivity (Wildman–Crippen MR) is 111 cm³/mol. The van der Waals surface area contributed by atoms with Gasteiger partial charge in [-0.2, -0.15) is 0 Å². The van der Waals surface area contributed by atoms with E-state index in [1.165, 1.54) is 0 Å². The fourth-order valence-electron chi connectivity index (χ4n) is 3.75. The predicted octanol–water partition coefficient (Wildman–Crippen LogP) is 4.21. The first kappa shape index (κ1) is 19.0. The summed E-state index contributed by atoms with van der Waals surface area (Å²) in [5.74, 6) is -1.10. The van der Waals surface area contributed by atoms with Crippen LogP contribution >= 0.6 is 22.6 Å². The van der Waals surface area contributed by atoms with Crippen LogP contribution in [-0.4, -0.2) is 37.1 Å². The van der Waals surface area contributed by atoms with Gasteiger partial charge in [0.05, 0.1) is 11.6 Å². The number of H-pyrrole nitrogens is 1. The molecule has 0 unspecified atom stereocenters. The van der Waals surface area contributed by atoms with E-state index >= 15 is 0 Å². The molecule has 28 heavy (non-hydrogen) atoms. The van der Waals surface area contributed by atoms with Gasteiger partial charge in [-0.05, 0) is 48.4 Å². The third kappa shape index (κ3) is 3.31. The molecule has 146 valence electrons. The highest BCUT2D eigenvalue weighted by atomic mass is 127. The Kier molecular flexibility index (Phi) is 4.94. The summed E-state index contributed by atoms with van der Waals surface area (Å²) in [6.07, 6.45) is 7.55. The molecule has 2 atom stereocenters. The summed E-state index contributed by atoms with van der Waals surface area (Å²) in [5, 5.41) is 13.6. The quantitative estimate of drug-likeness (QED) is 0.469. The lowest BCUT2D eigenvalue weighted by Gasteiger charge is -2.38. The topological polar surface area (TPSA) is 104 Å². The van der Waals surface area contributed by atoms with Gasteiger partial charge in [0.15, 0.2) is 17.5 Å². The molecule has 0 saturated heterocycles. The standard InChI is InChI=1S/C19H19FIN5O2/c1-19(18(27)28)5-3-2-4-14(19)25-17-13(20)9-24-16(26-17)12-8-23-15-11(12)6-10(21)7-22-15/h6-9,14H,2-5H2,1H3,(H,22,23)(H,27,28)(H,24,25,26)/t14-,19-/m0/s1. The molecular formula is C19H19FIN5O2. The maximum Gasteiger partial charge on any atom is 0.311 e. The van der Waals surface area contributed by atoms with Crippen molar-refractivity contribution < 1.29 is 14.3 Å². The molecule has 3 aromatic heterocycles. The van der Waals surface area contributed by atoms with Crippen LogP contribution < -0.4 is 5.32 Å². The smallest absolute Gasteiger partial charge is 0.311 e. The molecule has 4 rings (SSSR count). The minimum Gasteiger partial charge on any atom is -0.481 e.